The normalized spacial score (nSPS) is 31.5. The van der Waals surface area contributed by atoms with Crippen LogP contribution in [0.1, 0.15) is 44.0 Å². The third kappa shape index (κ3) is 3.56. The molecule has 0 spiro atoms. The Labute approximate surface area is 170 Å². The van der Waals surface area contributed by atoms with Gasteiger partial charge >= 0.3 is 0 Å². The van der Waals surface area contributed by atoms with Crippen LogP contribution in [0.3, 0.4) is 0 Å². The number of H-pyrrole nitrogens is 1. The van der Waals surface area contributed by atoms with Gasteiger partial charge in [0.05, 0.1) is 17.0 Å². The van der Waals surface area contributed by atoms with E-state index in [4.69, 9.17) is 10.5 Å². The Balaban J connectivity index is 0.00000105. The van der Waals surface area contributed by atoms with Gasteiger partial charge in [-0.15, -0.1) is 24.8 Å². The van der Waals surface area contributed by atoms with Gasteiger partial charge in [0.25, 0.3) is 0 Å². The van der Waals surface area contributed by atoms with Crippen LogP contribution < -0.4 is 11.1 Å². The number of hydrogen-bond acceptors (Lipinski definition) is 4. The smallest absolute Gasteiger partial charge is 0.229 e. The van der Waals surface area contributed by atoms with Crippen LogP contribution in [0, 0.1) is 17.8 Å². The second-order valence-electron chi connectivity index (χ2n) is 7.78. The number of ether oxygens (including phenoxy) is 1. The molecule has 1 saturated heterocycles. The van der Waals surface area contributed by atoms with Crippen molar-refractivity contribution < 1.29 is 9.53 Å². The molecule has 5 rings (SSSR count). The van der Waals surface area contributed by atoms with E-state index in [1.807, 2.05) is 18.2 Å². The van der Waals surface area contributed by atoms with Gasteiger partial charge in [-0.1, -0.05) is 0 Å². The first kappa shape index (κ1) is 20.4. The zero-order valence-electron chi connectivity index (χ0n) is 15.0. The quantitative estimate of drug-likeness (QED) is 0.717. The fourth-order valence-electron chi connectivity index (χ4n) is 5.00. The number of amides is 1. The van der Waals surface area contributed by atoms with E-state index in [1.54, 1.807) is 0 Å². The summed E-state index contributed by atoms with van der Waals surface area (Å²) in [6, 6.07) is 5.83. The highest BCUT2D eigenvalue weighted by Gasteiger charge is 2.49. The zero-order chi connectivity index (χ0) is 17.0. The third-order valence-electron chi connectivity index (χ3n) is 6.29. The van der Waals surface area contributed by atoms with Crippen LogP contribution in [0.15, 0.2) is 18.2 Å². The molecule has 1 amide bonds. The van der Waals surface area contributed by atoms with Crippen LogP contribution in [0.4, 0.5) is 5.69 Å². The van der Waals surface area contributed by atoms with Crippen LogP contribution in [-0.4, -0.2) is 28.5 Å². The number of imidazole rings is 1. The molecule has 8 heteroatoms. The van der Waals surface area contributed by atoms with Gasteiger partial charge in [-0.05, 0) is 62.1 Å². The van der Waals surface area contributed by atoms with Crippen molar-refractivity contribution in [2.75, 3.05) is 11.9 Å². The minimum Gasteiger partial charge on any atom is -0.370 e. The van der Waals surface area contributed by atoms with Crippen molar-refractivity contribution in [2.45, 2.75) is 44.2 Å². The number of aromatic amines is 1. The molecule has 0 radical (unpaired) electrons. The van der Waals surface area contributed by atoms with Crippen LogP contribution in [0.2, 0.25) is 0 Å². The maximum atomic E-state index is 12.7. The Morgan fingerprint density at radius 1 is 1.22 bits per heavy atom. The lowest BCUT2D eigenvalue weighted by atomic mass is 9.84. The molecule has 2 heterocycles. The fraction of sp³-hybridized carbons (Fsp3) is 0.579. The van der Waals surface area contributed by atoms with Crippen molar-refractivity contribution in [3.8, 4) is 0 Å². The van der Waals surface area contributed by atoms with Gasteiger partial charge in [0.1, 0.15) is 11.9 Å². The second-order valence-corrected chi connectivity index (χ2v) is 7.78. The molecule has 148 valence electrons. The monoisotopic (exact) mass is 412 g/mol. The van der Waals surface area contributed by atoms with E-state index in [0.717, 1.165) is 54.8 Å². The summed E-state index contributed by atoms with van der Waals surface area (Å²) in [5, 5.41) is 3.07. The van der Waals surface area contributed by atoms with E-state index < -0.39 is 0 Å². The number of nitrogens with one attached hydrogen (secondary N) is 2. The minimum absolute atomic E-state index is 0. The van der Waals surface area contributed by atoms with E-state index >= 15 is 0 Å². The third-order valence-corrected chi connectivity index (χ3v) is 6.29. The predicted octanol–water partition coefficient (Wildman–Crippen LogP) is 3.57. The highest BCUT2D eigenvalue weighted by molar-refractivity contribution is 5.95. The summed E-state index contributed by atoms with van der Waals surface area (Å²) in [6.07, 6.45) is 5.59. The fourth-order valence-corrected chi connectivity index (χ4v) is 5.00. The number of benzene rings is 1. The first-order chi connectivity index (χ1) is 12.2. The van der Waals surface area contributed by atoms with E-state index in [2.05, 4.69) is 15.3 Å². The topological polar surface area (TPSA) is 93.0 Å². The minimum atomic E-state index is -0.0429. The van der Waals surface area contributed by atoms with Gasteiger partial charge in [-0.25, -0.2) is 4.98 Å². The summed E-state index contributed by atoms with van der Waals surface area (Å²) in [6.45, 7) is 0.798. The predicted molar refractivity (Wildman–Crippen MR) is 109 cm³/mol. The largest absolute Gasteiger partial charge is 0.370 e. The lowest BCUT2D eigenvalue weighted by Crippen LogP contribution is -2.42. The van der Waals surface area contributed by atoms with Crippen molar-refractivity contribution in [2.24, 2.45) is 23.5 Å². The maximum Gasteiger partial charge on any atom is 0.229 e. The molecule has 27 heavy (non-hydrogen) atoms. The Bertz CT molecular complexity index is 819. The van der Waals surface area contributed by atoms with Crippen molar-refractivity contribution >= 4 is 47.4 Å². The van der Waals surface area contributed by atoms with E-state index in [9.17, 15) is 4.79 Å². The molecule has 2 aromatic rings. The molecule has 1 aromatic heterocycles. The summed E-state index contributed by atoms with van der Waals surface area (Å²) >= 11 is 0. The molecule has 2 saturated carbocycles. The van der Waals surface area contributed by atoms with Crippen molar-refractivity contribution in [1.82, 2.24) is 9.97 Å². The Kier molecular flexibility index (Phi) is 6.01. The van der Waals surface area contributed by atoms with Gasteiger partial charge in [-0.2, -0.15) is 0 Å². The number of anilines is 1. The number of carbonyl (C=O) groups excluding carboxylic acids is 1. The lowest BCUT2D eigenvalue weighted by Gasteiger charge is -2.27. The number of hydrogen-bond donors (Lipinski definition) is 3. The Morgan fingerprint density at radius 3 is 2.74 bits per heavy atom. The molecule has 3 fully saturated rings. The van der Waals surface area contributed by atoms with E-state index in [0.29, 0.717) is 11.8 Å². The van der Waals surface area contributed by atoms with E-state index in [-0.39, 0.29) is 48.8 Å². The van der Waals surface area contributed by atoms with Gasteiger partial charge in [0, 0.05) is 18.3 Å². The number of nitrogens with two attached hydrogens (primary N) is 1. The maximum absolute atomic E-state index is 12.7. The summed E-state index contributed by atoms with van der Waals surface area (Å²) in [7, 11) is 0. The lowest BCUT2D eigenvalue weighted by molar-refractivity contribution is -0.121. The molecule has 6 nitrogen and oxygen atoms in total. The number of fused-ring (bicyclic) bond motifs is 3. The first-order valence-corrected chi connectivity index (χ1v) is 9.37. The highest BCUT2D eigenvalue weighted by Crippen LogP contribution is 2.48. The van der Waals surface area contributed by atoms with Crippen molar-refractivity contribution in [3.05, 3.63) is 24.0 Å². The number of carbonyl (C=O) groups is 1. The van der Waals surface area contributed by atoms with Crippen LogP contribution in [0.25, 0.3) is 11.0 Å². The molecule has 1 aliphatic heterocycles. The Morgan fingerprint density at radius 2 is 2.04 bits per heavy atom. The van der Waals surface area contributed by atoms with Crippen LogP contribution in [-0.2, 0) is 9.53 Å². The molecular weight excluding hydrogens is 387 g/mol. The average molecular weight is 413 g/mol. The number of rotatable bonds is 3. The summed E-state index contributed by atoms with van der Waals surface area (Å²) in [5.74, 6) is 1.90. The average Bonchev–Trinajstić information content (AvgIpc) is 3.37. The number of halogens is 2. The summed E-state index contributed by atoms with van der Waals surface area (Å²) in [5.41, 5.74) is 8.93. The molecule has 5 atom stereocenters. The molecular formula is C19H26Cl2N4O2. The number of aromatic nitrogens is 2. The summed E-state index contributed by atoms with van der Waals surface area (Å²) < 4.78 is 5.69. The standard InChI is InChI=1S/C19H24N4O2.2ClH/c20-17-11-4-3-10(8-11)16(17)19(24)21-12-5-6-13-14(9-12)23-18(22-13)15-2-1-7-25-15;;/h5-6,9-11,15-17H,1-4,7-8,20H2,(H,21,24)(H,22,23);2*1H. The molecule has 1 aromatic carbocycles. The molecule has 2 aliphatic carbocycles. The zero-order valence-corrected chi connectivity index (χ0v) is 16.7. The van der Waals surface area contributed by atoms with Crippen LogP contribution >= 0.6 is 24.8 Å². The van der Waals surface area contributed by atoms with Gasteiger partial charge in [-0.3, -0.25) is 4.79 Å². The van der Waals surface area contributed by atoms with E-state index in [1.165, 1.54) is 6.42 Å². The van der Waals surface area contributed by atoms with Crippen molar-refractivity contribution in [3.63, 3.8) is 0 Å². The molecule has 5 unspecified atom stereocenters. The SMILES string of the molecule is Cl.Cl.NC1C2CCC(C2)C1C(=O)Nc1ccc2nc(C3CCCO3)[nH]c2c1. The number of nitrogens with zero attached hydrogens (tertiary/aromatic N) is 1. The van der Waals surface area contributed by atoms with Gasteiger partial charge < -0.3 is 20.8 Å². The van der Waals surface area contributed by atoms with Gasteiger partial charge in [0.15, 0.2) is 0 Å². The van der Waals surface area contributed by atoms with Gasteiger partial charge in [0.2, 0.25) is 5.91 Å². The Hall–Kier alpha value is -1.34. The summed E-state index contributed by atoms with van der Waals surface area (Å²) in [4.78, 5) is 20.7. The second kappa shape index (κ2) is 7.95. The highest BCUT2D eigenvalue weighted by atomic mass is 35.5. The molecule has 2 bridgehead atoms. The van der Waals surface area contributed by atoms with Crippen molar-refractivity contribution in [1.29, 1.82) is 0 Å². The molecule has 3 aliphatic rings. The van der Waals surface area contributed by atoms with Crippen LogP contribution in [0.5, 0.6) is 0 Å². The first-order valence-electron chi connectivity index (χ1n) is 9.37. The molecule has 4 N–H and O–H groups in total.